The number of hydrogen-bond donors (Lipinski definition) is 2. The summed E-state index contributed by atoms with van der Waals surface area (Å²) in [6.07, 6.45) is 1.98. The summed E-state index contributed by atoms with van der Waals surface area (Å²) in [7, 11) is 0. The van der Waals surface area contributed by atoms with Crippen molar-refractivity contribution >= 4 is 5.91 Å². The number of β-amino-alcohol motifs (C(OH)–C–C–N with tert-alkyl or cyclic N) is 1. The van der Waals surface area contributed by atoms with Gasteiger partial charge in [0.05, 0.1) is 12.1 Å². The van der Waals surface area contributed by atoms with Gasteiger partial charge in [-0.25, -0.2) is 0 Å². The van der Waals surface area contributed by atoms with Crippen molar-refractivity contribution in [2.45, 2.75) is 38.3 Å². The summed E-state index contributed by atoms with van der Waals surface area (Å²) in [5, 5.41) is 9.23. The molecule has 0 aromatic heterocycles. The van der Waals surface area contributed by atoms with Gasteiger partial charge in [-0.2, -0.15) is 0 Å². The number of carbonyl (C=O) groups excluding carboxylic acids is 1. The van der Waals surface area contributed by atoms with Crippen molar-refractivity contribution in [3.63, 3.8) is 0 Å². The van der Waals surface area contributed by atoms with Gasteiger partial charge >= 0.3 is 0 Å². The second-order valence-corrected chi connectivity index (χ2v) is 3.62. The smallest absolute Gasteiger partial charge is 0.239 e. The van der Waals surface area contributed by atoms with Crippen LogP contribution in [0.5, 0.6) is 0 Å². The highest BCUT2D eigenvalue weighted by atomic mass is 16.3. The normalized spacial score (nSPS) is 24.8. The van der Waals surface area contributed by atoms with E-state index in [2.05, 4.69) is 0 Å². The summed E-state index contributed by atoms with van der Waals surface area (Å²) in [5.74, 6) is -0.0154. The van der Waals surface area contributed by atoms with Crippen LogP contribution in [0.2, 0.25) is 0 Å². The molecule has 0 aromatic rings. The van der Waals surface area contributed by atoms with Gasteiger partial charge in [0.1, 0.15) is 0 Å². The Balaban J connectivity index is 2.38. The van der Waals surface area contributed by atoms with Gasteiger partial charge in [-0.05, 0) is 12.8 Å². The molecule has 1 fully saturated rings. The average molecular weight is 186 g/mol. The van der Waals surface area contributed by atoms with Crippen LogP contribution >= 0.6 is 0 Å². The summed E-state index contributed by atoms with van der Waals surface area (Å²) < 4.78 is 0. The Morgan fingerprint density at radius 2 is 2.46 bits per heavy atom. The number of hydrogen-bond acceptors (Lipinski definition) is 3. The fraction of sp³-hybridized carbons (Fsp3) is 0.889. The summed E-state index contributed by atoms with van der Waals surface area (Å²) in [6, 6.07) is -0.379. The first kappa shape index (κ1) is 10.5. The van der Waals surface area contributed by atoms with Crippen molar-refractivity contribution < 1.29 is 9.90 Å². The Morgan fingerprint density at radius 1 is 1.77 bits per heavy atom. The van der Waals surface area contributed by atoms with Crippen LogP contribution in [0.3, 0.4) is 0 Å². The van der Waals surface area contributed by atoms with Crippen LogP contribution < -0.4 is 5.73 Å². The Kier molecular flexibility index (Phi) is 3.69. The second kappa shape index (κ2) is 4.58. The van der Waals surface area contributed by atoms with Crippen LogP contribution in [0.1, 0.15) is 26.2 Å². The molecular formula is C9H18N2O2. The molecule has 1 unspecified atom stereocenters. The molecule has 0 bridgehead atoms. The highest BCUT2D eigenvalue weighted by molar-refractivity contribution is 5.81. The van der Waals surface area contributed by atoms with Gasteiger partial charge in [-0.3, -0.25) is 4.79 Å². The van der Waals surface area contributed by atoms with Gasteiger partial charge in [-0.1, -0.05) is 13.3 Å². The van der Waals surface area contributed by atoms with E-state index in [1.54, 1.807) is 4.90 Å². The summed E-state index contributed by atoms with van der Waals surface area (Å²) >= 11 is 0. The number of rotatable bonds is 3. The van der Waals surface area contributed by atoms with E-state index in [1.165, 1.54) is 0 Å². The van der Waals surface area contributed by atoms with Gasteiger partial charge in [0, 0.05) is 13.1 Å². The highest BCUT2D eigenvalue weighted by Gasteiger charge is 2.27. The van der Waals surface area contributed by atoms with E-state index >= 15 is 0 Å². The Bertz CT molecular complexity index is 184. The monoisotopic (exact) mass is 186 g/mol. The zero-order valence-electron chi connectivity index (χ0n) is 8.07. The molecule has 1 saturated heterocycles. The molecule has 0 aromatic carbocycles. The van der Waals surface area contributed by atoms with Crippen molar-refractivity contribution in [2.75, 3.05) is 13.1 Å². The molecule has 4 heteroatoms. The molecule has 1 aliphatic heterocycles. The lowest BCUT2D eigenvalue weighted by atomic mass is 10.1. The SMILES string of the molecule is CCC[C@H](N)C(=O)N1CCC(O)C1. The van der Waals surface area contributed by atoms with Crippen LogP contribution in [0.25, 0.3) is 0 Å². The van der Waals surface area contributed by atoms with E-state index in [0.29, 0.717) is 19.5 Å². The predicted molar refractivity (Wildman–Crippen MR) is 50.1 cm³/mol. The first-order valence-electron chi connectivity index (χ1n) is 4.87. The number of amides is 1. The first-order valence-corrected chi connectivity index (χ1v) is 4.87. The third-order valence-corrected chi connectivity index (χ3v) is 2.39. The lowest BCUT2D eigenvalue weighted by Crippen LogP contribution is -2.42. The topological polar surface area (TPSA) is 66.6 Å². The fourth-order valence-corrected chi connectivity index (χ4v) is 1.61. The summed E-state index contributed by atoms with van der Waals surface area (Å²) in [6.45, 7) is 3.11. The molecule has 1 heterocycles. The minimum atomic E-state index is -0.379. The minimum Gasteiger partial charge on any atom is -0.391 e. The fourth-order valence-electron chi connectivity index (χ4n) is 1.61. The van der Waals surface area contributed by atoms with Crippen molar-refractivity contribution in [3.8, 4) is 0 Å². The third kappa shape index (κ3) is 2.67. The number of aliphatic hydroxyl groups is 1. The first-order chi connectivity index (χ1) is 6.15. The molecule has 0 saturated carbocycles. The number of carbonyl (C=O) groups is 1. The maximum Gasteiger partial charge on any atom is 0.239 e. The van der Waals surface area contributed by atoms with E-state index in [-0.39, 0.29) is 18.1 Å². The highest BCUT2D eigenvalue weighted by Crippen LogP contribution is 2.10. The molecule has 3 N–H and O–H groups in total. The standard InChI is InChI=1S/C9H18N2O2/c1-2-3-8(10)9(13)11-5-4-7(12)6-11/h7-8,12H,2-6,10H2,1H3/t7?,8-/m0/s1. The molecule has 13 heavy (non-hydrogen) atoms. The zero-order valence-corrected chi connectivity index (χ0v) is 8.07. The molecule has 0 spiro atoms. The molecule has 0 radical (unpaired) electrons. The van der Waals surface area contributed by atoms with Gasteiger partial charge in [-0.15, -0.1) is 0 Å². The zero-order chi connectivity index (χ0) is 9.84. The van der Waals surface area contributed by atoms with Crippen LogP contribution in [-0.4, -0.2) is 41.1 Å². The molecular weight excluding hydrogens is 168 g/mol. The van der Waals surface area contributed by atoms with Gasteiger partial charge < -0.3 is 15.7 Å². The van der Waals surface area contributed by atoms with Gasteiger partial charge in [0.25, 0.3) is 0 Å². The molecule has 1 aliphatic rings. The van der Waals surface area contributed by atoms with Crippen molar-refractivity contribution in [1.82, 2.24) is 4.90 Å². The Morgan fingerprint density at radius 3 is 2.92 bits per heavy atom. The van der Waals surface area contributed by atoms with E-state index in [9.17, 15) is 9.90 Å². The van der Waals surface area contributed by atoms with E-state index < -0.39 is 0 Å². The quantitative estimate of drug-likeness (QED) is 0.636. The molecule has 1 amide bonds. The van der Waals surface area contributed by atoms with E-state index in [0.717, 1.165) is 12.8 Å². The number of likely N-dealkylation sites (tertiary alicyclic amines) is 1. The summed E-state index contributed by atoms with van der Waals surface area (Å²) in [5.41, 5.74) is 5.68. The average Bonchev–Trinajstić information content (AvgIpc) is 2.51. The van der Waals surface area contributed by atoms with Crippen molar-refractivity contribution in [2.24, 2.45) is 5.73 Å². The molecule has 4 nitrogen and oxygen atoms in total. The van der Waals surface area contributed by atoms with Crippen LogP contribution in [0.4, 0.5) is 0 Å². The maximum absolute atomic E-state index is 11.6. The predicted octanol–water partition coefficient (Wildman–Crippen LogP) is -0.293. The Labute approximate surface area is 78.7 Å². The van der Waals surface area contributed by atoms with Crippen LogP contribution in [0.15, 0.2) is 0 Å². The van der Waals surface area contributed by atoms with Crippen LogP contribution in [-0.2, 0) is 4.79 Å². The number of nitrogens with zero attached hydrogens (tertiary/aromatic N) is 1. The lowest BCUT2D eigenvalue weighted by Gasteiger charge is -2.19. The molecule has 2 atom stereocenters. The van der Waals surface area contributed by atoms with Crippen molar-refractivity contribution in [3.05, 3.63) is 0 Å². The van der Waals surface area contributed by atoms with E-state index in [1.807, 2.05) is 6.92 Å². The minimum absolute atomic E-state index is 0.0154. The number of nitrogens with two attached hydrogens (primary N) is 1. The van der Waals surface area contributed by atoms with Crippen molar-refractivity contribution in [1.29, 1.82) is 0 Å². The van der Waals surface area contributed by atoms with E-state index in [4.69, 9.17) is 5.73 Å². The molecule has 1 rings (SSSR count). The lowest BCUT2D eigenvalue weighted by molar-refractivity contribution is -0.132. The Hall–Kier alpha value is -0.610. The van der Waals surface area contributed by atoms with Gasteiger partial charge in [0.2, 0.25) is 5.91 Å². The molecule has 76 valence electrons. The summed E-state index contributed by atoms with van der Waals surface area (Å²) in [4.78, 5) is 13.2. The molecule has 0 aliphatic carbocycles. The third-order valence-electron chi connectivity index (χ3n) is 2.39. The van der Waals surface area contributed by atoms with Gasteiger partial charge in [0.15, 0.2) is 0 Å². The maximum atomic E-state index is 11.6. The number of aliphatic hydroxyl groups excluding tert-OH is 1. The van der Waals surface area contributed by atoms with Crippen LogP contribution in [0, 0.1) is 0 Å². The largest absolute Gasteiger partial charge is 0.391 e. The second-order valence-electron chi connectivity index (χ2n) is 3.62.